The number of nitrogens with zero attached hydrogens (tertiary/aromatic N) is 2. The van der Waals surface area contributed by atoms with Crippen molar-refractivity contribution < 1.29 is 4.79 Å². The molecule has 5 nitrogen and oxygen atoms in total. The molecule has 5 rings (SSSR count). The highest BCUT2D eigenvalue weighted by molar-refractivity contribution is 7.18. The topological polar surface area (TPSA) is 70.7 Å². The van der Waals surface area contributed by atoms with Crippen molar-refractivity contribution in [2.24, 2.45) is 0 Å². The lowest BCUT2D eigenvalue weighted by atomic mass is 10.1. The molecule has 0 aliphatic heterocycles. The molecular weight excluding hydrogens is 380 g/mol. The molecule has 2 N–H and O–H groups in total. The molecule has 142 valence electrons. The van der Waals surface area contributed by atoms with Crippen molar-refractivity contribution >= 4 is 44.1 Å². The number of benzene rings is 3. The lowest BCUT2D eigenvalue weighted by Gasteiger charge is -2.07. The van der Waals surface area contributed by atoms with E-state index < -0.39 is 0 Å². The fourth-order valence-electron chi connectivity index (χ4n) is 3.37. The fraction of sp³-hybridized carbons (Fsp3) is 0.0870. The van der Waals surface area contributed by atoms with Crippen molar-refractivity contribution in [3.05, 3.63) is 89.1 Å². The summed E-state index contributed by atoms with van der Waals surface area (Å²) in [4.78, 5) is 17.1. The molecule has 0 unspecified atom stereocenters. The molecule has 2 aromatic heterocycles. The third-order valence-electron chi connectivity index (χ3n) is 4.80. The number of anilines is 1. The number of para-hydroxylation sites is 1. The van der Waals surface area contributed by atoms with Crippen LogP contribution in [0.4, 0.5) is 5.69 Å². The van der Waals surface area contributed by atoms with E-state index in [4.69, 9.17) is 0 Å². The van der Waals surface area contributed by atoms with Crippen LogP contribution in [0.5, 0.6) is 0 Å². The lowest BCUT2D eigenvalue weighted by Crippen LogP contribution is -2.14. The number of nitrogens with one attached hydrogen (secondary N) is 2. The smallest absolute Gasteiger partial charge is 0.228 e. The second-order valence-corrected chi connectivity index (χ2v) is 8.08. The second kappa shape index (κ2) is 7.48. The number of aromatic nitrogens is 3. The van der Waals surface area contributed by atoms with Crippen molar-refractivity contribution in [3.8, 4) is 0 Å². The lowest BCUT2D eigenvalue weighted by molar-refractivity contribution is -0.115. The molecule has 0 bridgehead atoms. The SMILES string of the molecule is O=C(Cc1ccc2[nH]ncc2c1)Nc1ccc(Cc2nc3ccccc3s2)cc1. The highest BCUT2D eigenvalue weighted by Crippen LogP contribution is 2.24. The van der Waals surface area contributed by atoms with Crippen LogP contribution in [0.2, 0.25) is 0 Å². The van der Waals surface area contributed by atoms with Crippen LogP contribution in [0.3, 0.4) is 0 Å². The van der Waals surface area contributed by atoms with Gasteiger partial charge in [0.15, 0.2) is 0 Å². The first-order valence-corrected chi connectivity index (χ1v) is 10.2. The van der Waals surface area contributed by atoms with Gasteiger partial charge in [-0.1, -0.05) is 30.3 Å². The van der Waals surface area contributed by atoms with E-state index in [2.05, 4.69) is 26.6 Å². The van der Waals surface area contributed by atoms with Crippen LogP contribution in [0, 0.1) is 0 Å². The minimum atomic E-state index is -0.0354. The molecule has 0 spiro atoms. The fourth-order valence-corrected chi connectivity index (χ4v) is 4.37. The largest absolute Gasteiger partial charge is 0.326 e. The number of fused-ring (bicyclic) bond motifs is 2. The Morgan fingerprint density at radius 3 is 2.69 bits per heavy atom. The zero-order valence-electron chi connectivity index (χ0n) is 15.6. The standard InChI is InChI=1S/C23H18N4OS/c28-22(12-16-7-10-19-17(11-16)14-24-27-19)25-18-8-5-15(6-9-18)13-23-26-20-3-1-2-4-21(20)29-23/h1-11,14H,12-13H2,(H,24,27)(H,25,28). The van der Waals surface area contributed by atoms with Crippen molar-refractivity contribution in [2.75, 3.05) is 5.32 Å². The molecule has 0 fully saturated rings. The van der Waals surface area contributed by atoms with Gasteiger partial charge in [0, 0.05) is 17.5 Å². The van der Waals surface area contributed by atoms with E-state index >= 15 is 0 Å². The van der Waals surface area contributed by atoms with Gasteiger partial charge in [-0.05, 0) is 47.5 Å². The number of H-pyrrole nitrogens is 1. The molecule has 5 aromatic rings. The van der Waals surface area contributed by atoms with Gasteiger partial charge in [-0.15, -0.1) is 11.3 Å². The van der Waals surface area contributed by atoms with Gasteiger partial charge in [0.2, 0.25) is 5.91 Å². The maximum Gasteiger partial charge on any atom is 0.228 e. The Balaban J connectivity index is 1.23. The van der Waals surface area contributed by atoms with E-state index in [0.29, 0.717) is 6.42 Å². The molecule has 1 amide bonds. The number of hydrogen-bond donors (Lipinski definition) is 2. The number of thiazole rings is 1. The summed E-state index contributed by atoms with van der Waals surface area (Å²) in [6.07, 6.45) is 2.88. The first-order chi connectivity index (χ1) is 14.2. The van der Waals surface area contributed by atoms with E-state index in [1.165, 1.54) is 10.3 Å². The second-order valence-electron chi connectivity index (χ2n) is 6.97. The summed E-state index contributed by atoms with van der Waals surface area (Å²) in [5.41, 5.74) is 4.95. The molecule has 0 radical (unpaired) electrons. The van der Waals surface area contributed by atoms with Crippen molar-refractivity contribution in [2.45, 2.75) is 12.8 Å². The Morgan fingerprint density at radius 2 is 1.83 bits per heavy atom. The van der Waals surface area contributed by atoms with E-state index in [1.807, 2.05) is 60.7 Å². The summed E-state index contributed by atoms with van der Waals surface area (Å²) in [5.74, 6) is -0.0354. The van der Waals surface area contributed by atoms with Crippen molar-refractivity contribution in [3.63, 3.8) is 0 Å². The van der Waals surface area contributed by atoms with Crippen LogP contribution < -0.4 is 5.32 Å². The predicted molar refractivity (Wildman–Crippen MR) is 117 cm³/mol. The van der Waals surface area contributed by atoms with E-state index in [-0.39, 0.29) is 5.91 Å². The van der Waals surface area contributed by atoms with Crippen LogP contribution in [0.15, 0.2) is 72.9 Å². The maximum absolute atomic E-state index is 12.4. The van der Waals surface area contributed by atoms with Gasteiger partial charge < -0.3 is 5.32 Å². The van der Waals surface area contributed by atoms with E-state index in [9.17, 15) is 4.79 Å². The minimum Gasteiger partial charge on any atom is -0.326 e. The average molecular weight is 398 g/mol. The number of hydrogen-bond acceptors (Lipinski definition) is 4. The number of aromatic amines is 1. The third kappa shape index (κ3) is 3.88. The third-order valence-corrected chi connectivity index (χ3v) is 5.84. The molecule has 0 aliphatic rings. The van der Waals surface area contributed by atoms with Crippen LogP contribution in [0.25, 0.3) is 21.1 Å². The summed E-state index contributed by atoms with van der Waals surface area (Å²) < 4.78 is 1.21. The Kier molecular flexibility index (Phi) is 4.54. The Bertz CT molecular complexity index is 1270. The van der Waals surface area contributed by atoms with Crippen LogP contribution >= 0.6 is 11.3 Å². The average Bonchev–Trinajstić information content (AvgIpc) is 3.35. The van der Waals surface area contributed by atoms with Crippen LogP contribution in [-0.4, -0.2) is 21.1 Å². The zero-order chi connectivity index (χ0) is 19.6. The van der Waals surface area contributed by atoms with E-state index in [1.54, 1.807) is 17.5 Å². The van der Waals surface area contributed by atoms with Crippen molar-refractivity contribution in [1.29, 1.82) is 0 Å². The summed E-state index contributed by atoms with van der Waals surface area (Å²) in [6, 6.07) is 22.0. The molecule has 2 heterocycles. The van der Waals surface area contributed by atoms with Gasteiger partial charge in [-0.25, -0.2) is 4.98 Å². The Hall–Kier alpha value is -3.51. The molecule has 0 saturated heterocycles. The quantitative estimate of drug-likeness (QED) is 0.440. The summed E-state index contributed by atoms with van der Waals surface area (Å²) in [6.45, 7) is 0. The Labute approximate surface area is 171 Å². The minimum absolute atomic E-state index is 0.0354. The normalized spacial score (nSPS) is 11.2. The summed E-state index contributed by atoms with van der Waals surface area (Å²) in [5, 5.41) is 12.0. The van der Waals surface area contributed by atoms with Gasteiger partial charge in [0.25, 0.3) is 0 Å². The first-order valence-electron chi connectivity index (χ1n) is 9.38. The van der Waals surface area contributed by atoms with Crippen molar-refractivity contribution in [1.82, 2.24) is 15.2 Å². The number of amides is 1. The number of rotatable bonds is 5. The first kappa shape index (κ1) is 17.6. The van der Waals surface area contributed by atoms with Gasteiger partial charge in [0.05, 0.1) is 33.4 Å². The molecule has 6 heteroatoms. The van der Waals surface area contributed by atoms with Gasteiger partial charge in [0.1, 0.15) is 0 Å². The number of carbonyl (C=O) groups is 1. The van der Waals surface area contributed by atoms with Crippen LogP contribution in [-0.2, 0) is 17.6 Å². The summed E-state index contributed by atoms with van der Waals surface area (Å²) >= 11 is 1.72. The molecule has 0 aliphatic carbocycles. The molecule has 3 aromatic carbocycles. The van der Waals surface area contributed by atoms with Crippen LogP contribution in [0.1, 0.15) is 16.1 Å². The van der Waals surface area contributed by atoms with Gasteiger partial charge in [-0.2, -0.15) is 5.10 Å². The highest BCUT2D eigenvalue weighted by Gasteiger charge is 2.07. The Morgan fingerprint density at radius 1 is 1.00 bits per heavy atom. The monoisotopic (exact) mass is 398 g/mol. The molecule has 0 atom stereocenters. The molecule has 29 heavy (non-hydrogen) atoms. The highest BCUT2D eigenvalue weighted by atomic mass is 32.1. The van der Waals surface area contributed by atoms with Gasteiger partial charge in [-0.3, -0.25) is 9.89 Å². The van der Waals surface area contributed by atoms with E-state index in [0.717, 1.165) is 39.1 Å². The number of carbonyl (C=O) groups excluding carboxylic acids is 1. The zero-order valence-corrected chi connectivity index (χ0v) is 16.4. The van der Waals surface area contributed by atoms with Gasteiger partial charge >= 0.3 is 0 Å². The summed E-state index contributed by atoms with van der Waals surface area (Å²) in [7, 11) is 0. The molecule has 0 saturated carbocycles. The molecular formula is C23H18N4OS. The maximum atomic E-state index is 12.4. The predicted octanol–water partition coefficient (Wildman–Crippen LogP) is 4.94.